The van der Waals surface area contributed by atoms with E-state index in [1.807, 2.05) is 6.92 Å². The molecular weight excluding hydrogens is 263 g/mol. The zero-order chi connectivity index (χ0) is 12.4. The van der Waals surface area contributed by atoms with Crippen LogP contribution in [0.3, 0.4) is 0 Å². The third kappa shape index (κ3) is 21.5. The van der Waals surface area contributed by atoms with Gasteiger partial charge in [0.25, 0.3) is 0 Å². The van der Waals surface area contributed by atoms with Crippen LogP contribution in [-0.2, 0) is 32.9 Å². The summed E-state index contributed by atoms with van der Waals surface area (Å²) in [5.74, 6) is -0.0301. The molecule has 1 fully saturated rings. The Hall–Kier alpha value is -0.356. The quantitative estimate of drug-likeness (QED) is 0.738. The molecule has 6 heteroatoms. The molecule has 1 saturated heterocycles. The van der Waals surface area contributed by atoms with Crippen LogP contribution < -0.4 is 0 Å². The van der Waals surface area contributed by atoms with Crippen molar-refractivity contribution < 1.29 is 43.1 Å². The fourth-order valence-electron chi connectivity index (χ4n) is 0.865. The molecule has 1 aliphatic heterocycles. The Balaban J connectivity index is -0.0000000788. The number of carbonyl (C=O) groups excluding carboxylic acids is 2. The van der Waals surface area contributed by atoms with Crippen LogP contribution in [0.1, 0.15) is 41.0 Å². The van der Waals surface area contributed by atoms with E-state index in [4.69, 9.17) is 10.2 Å². The average Bonchev–Trinajstić information content (AvgIpc) is 2.04. The van der Waals surface area contributed by atoms with Gasteiger partial charge in [0.2, 0.25) is 0 Å². The molecule has 0 aliphatic carbocycles. The predicted molar refractivity (Wildman–Crippen MR) is 62.0 cm³/mol. The van der Waals surface area contributed by atoms with Gasteiger partial charge in [-0.2, -0.15) is 0 Å². The minimum atomic E-state index is -0.475. The number of carbonyl (C=O) groups is 2. The second-order valence-corrected chi connectivity index (χ2v) is 3.26. The fourth-order valence-corrected chi connectivity index (χ4v) is 0.865. The van der Waals surface area contributed by atoms with Gasteiger partial charge in [-0.1, -0.05) is 7.43 Å². The van der Waals surface area contributed by atoms with E-state index < -0.39 is 6.10 Å². The maximum atomic E-state index is 10.1. The van der Waals surface area contributed by atoms with Gasteiger partial charge in [0, 0.05) is 32.1 Å². The number of hydrogen-bond acceptors (Lipinski definition) is 5. The Morgan fingerprint density at radius 1 is 1.53 bits per heavy atom. The van der Waals surface area contributed by atoms with Crippen molar-refractivity contribution in [3.63, 3.8) is 0 Å². The molecule has 0 bridgehead atoms. The van der Waals surface area contributed by atoms with E-state index >= 15 is 0 Å². The molecule has 1 rings (SSSR count). The number of ether oxygens (including phenoxy) is 1. The summed E-state index contributed by atoms with van der Waals surface area (Å²) in [5.41, 5.74) is 0. The van der Waals surface area contributed by atoms with E-state index in [0.29, 0.717) is 6.42 Å². The number of aliphatic hydroxyl groups excluding tert-OH is 2. The molecule has 1 heterocycles. The summed E-state index contributed by atoms with van der Waals surface area (Å²) in [6.45, 7) is 4.94. The molecule has 5 nitrogen and oxygen atoms in total. The summed E-state index contributed by atoms with van der Waals surface area (Å²) < 4.78 is 4.50. The molecule has 1 radical (unpaired) electrons. The van der Waals surface area contributed by atoms with Crippen LogP contribution in [0.15, 0.2) is 0 Å². The maximum Gasteiger partial charge on any atom is 0.309 e. The Morgan fingerprint density at radius 3 is 1.88 bits per heavy atom. The van der Waals surface area contributed by atoms with Gasteiger partial charge in [-0.25, -0.2) is 0 Å². The van der Waals surface area contributed by atoms with Gasteiger partial charge in [0.15, 0.2) is 0 Å². The molecule has 0 amide bonds. The second-order valence-electron chi connectivity index (χ2n) is 3.26. The van der Waals surface area contributed by atoms with Crippen LogP contribution in [0.2, 0.25) is 0 Å². The molecule has 103 valence electrons. The minimum Gasteiger partial charge on any atom is -0.462 e. The first kappa shape index (κ1) is 25.5. The van der Waals surface area contributed by atoms with Crippen molar-refractivity contribution in [2.24, 2.45) is 0 Å². The SMILES string of the molecule is C.CC(=O)C[C@@H](C)O.CO.C[C@@H]1CC(=O)O1.[V]. The van der Waals surface area contributed by atoms with Gasteiger partial charge in [-0.15, -0.1) is 0 Å². The van der Waals surface area contributed by atoms with Crippen LogP contribution >= 0.6 is 0 Å². The summed E-state index contributed by atoms with van der Waals surface area (Å²) >= 11 is 0. The van der Waals surface area contributed by atoms with Crippen molar-refractivity contribution in [1.82, 2.24) is 0 Å². The monoisotopic (exact) mass is 287 g/mol. The van der Waals surface area contributed by atoms with E-state index in [1.54, 1.807) is 6.92 Å². The summed E-state index contributed by atoms with van der Waals surface area (Å²) in [4.78, 5) is 20.0. The molecule has 0 spiro atoms. The first-order valence-corrected chi connectivity index (χ1v) is 4.73. The van der Waals surface area contributed by atoms with Crippen LogP contribution in [0.25, 0.3) is 0 Å². The number of esters is 1. The molecule has 0 aromatic rings. The molecule has 2 N–H and O–H groups in total. The van der Waals surface area contributed by atoms with Crippen LogP contribution in [0.5, 0.6) is 0 Å². The van der Waals surface area contributed by atoms with Gasteiger partial charge in [-0.05, 0) is 20.8 Å². The van der Waals surface area contributed by atoms with Gasteiger partial charge in [-0.3, -0.25) is 9.59 Å². The molecule has 0 saturated carbocycles. The zero-order valence-corrected chi connectivity index (χ0v) is 11.5. The van der Waals surface area contributed by atoms with Gasteiger partial charge in [0.05, 0.1) is 12.5 Å². The zero-order valence-electron chi connectivity index (χ0n) is 10.1. The summed E-state index contributed by atoms with van der Waals surface area (Å²) in [6.07, 6.45) is 0.606. The number of ketones is 1. The standard InChI is InChI=1S/C5H10O2.C4H6O2.CH4O.CH4.V/c1-4(6)3-5(2)7;1-3-2-4(5)6-3;1-2;;/h4,6H,3H2,1-2H3;3H,2H2,1H3;2H,1H3;1H4;/t4-;3-;;;/m11.../s1. The normalized spacial score (nSPS) is 17.1. The van der Waals surface area contributed by atoms with Crippen LogP contribution in [-0.4, -0.2) is 41.3 Å². The summed E-state index contributed by atoms with van der Waals surface area (Å²) in [7, 11) is 1.00. The molecule has 0 unspecified atom stereocenters. The Kier molecular flexibility index (Phi) is 23.4. The third-order valence-corrected chi connectivity index (χ3v) is 1.37. The maximum absolute atomic E-state index is 10.1. The summed E-state index contributed by atoms with van der Waals surface area (Å²) in [6, 6.07) is 0. The molecule has 1 aliphatic rings. The Morgan fingerprint density at radius 2 is 1.88 bits per heavy atom. The number of Topliss-reactive ketones (excluding diaryl/α,β-unsaturated/α-hetero) is 1. The number of cyclic esters (lactones) is 1. The third-order valence-electron chi connectivity index (χ3n) is 1.37. The van der Waals surface area contributed by atoms with E-state index in [9.17, 15) is 9.59 Å². The largest absolute Gasteiger partial charge is 0.462 e. The Bertz CT molecular complexity index is 186. The van der Waals surface area contributed by atoms with Gasteiger partial charge < -0.3 is 14.9 Å². The van der Waals surface area contributed by atoms with Crippen molar-refractivity contribution in [1.29, 1.82) is 0 Å². The average molecular weight is 287 g/mol. The summed E-state index contributed by atoms with van der Waals surface area (Å²) in [5, 5.41) is 15.5. The number of aliphatic hydroxyl groups is 2. The van der Waals surface area contributed by atoms with Crippen molar-refractivity contribution in [3.8, 4) is 0 Å². The Labute approximate surface area is 115 Å². The van der Waals surface area contributed by atoms with Crippen molar-refractivity contribution in [2.75, 3.05) is 7.11 Å². The number of hydrogen-bond donors (Lipinski definition) is 2. The van der Waals surface area contributed by atoms with Gasteiger partial charge >= 0.3 is 5.97 Å². The minimum absolute atomic E-state index is 0. The molecule has 0 aromatic carbocycles. The molecular formula is C11H24O5V. The smallest absolute Gasteiger partial charge is 0.309 e. The van der Waals surface area contributed by atoms with Crippen molar-refractivity contribution >= 4 is 11.8 Å². The second kappa shape index (κ2) is 15.6. The van der Waals surface area contributed by atoms with Crippen LogP contribution in [0, 0.1) is 0 Å². The predicted octanol–water partition coefficient (Wildman–Crippen LogP) is 0.910. The van der Waals surface area contributed by atoms with Gasteiger partial charge in [0.1, 0.15) is 11.9 Å². The molecule has 2 atom stereocenters. The van der Waals surface area contributed by atoms with E-state index in [2.05, 4.69) is 4.74 Å². The molecule has 17 heavy (non-hydrogen) atoms. The molecule has 0 aromatic heterocycles. The van der Waals surface area contributed by atoms with Crippen LogP contribution in [0.4, 0.5) is 0 Å². The first-order chi connectivity index (χ1) is 6.91. The van der Waals surface area contributed by atoms with E-state index in [1.165, 1.54) is 6.92 Å². The number of rotatable bonds is 2. The first-order valence-electron chi connectivity index (χ1n) is 4.73. The van der Waals surface area contributed by atoms with E-state index in [0.717, 1.165) is 7.11 Å². The van der Waals surface area contributed by atoms with Crippen molar-refractivity contribution in [3.05, 3.63) is 0 Å². The fraction of sp³-hybridized carbons (Fsp3) is 0.818. The van der Waals surface area contributed by atoms with Crippen molar-refractivity contribution in [2.45, 2.75) is 53.2 Å². The topological polar surface area (TPSA) is 83.8 Å². The van der Waals surface area contributed by atoms with E-state index in [-0.39, 0.29) is 50.3 Å².